The molecule has 16 heavy (non-hydrogen) atoms. The van der Waals surface area contributed by atoms with Crippen molar-refractivity contribution in [3.8, 4) is 0 Å². The van der Waals surface area contributed by atoms with E-state index in [0.29, 0.717) is 6.07 Å². The van der Waals surface area contributed by atoms with Crippen molar-refractivity contribution in [2.75, 3.05) is 5.32 Å². The number of alkyl halides is 1. The lowest BCUT2D eigenvalue weighted by Gasteiger charge is -2.14. The molecule has 1 amide bonds. The number of amides is 1. The van der Waals surface area contributed by atoms with Crippen LogP contribution in [0.1, 0.15) is 13.8 Å². The molecule has 0 aliphatic carbocycles. The summed E-state index contributed by atoms with van der Waals surface area (Å²) in [5, 5.41) is 1.62. The molecule has 0 saturated heterocycles. The summed E-state index contributed by atoms with van der Waals surface area (Å²) in [5.41, 5.74) is -2.52. The van der Waals surface area contributed by atoms with Crippen LogP contribution in [0, 0.1) is 11.6 Å². The molecule has 0 unspecified atom stereocenters. The van der Waals surface area contributed by atoms with Gasteiger partial charge in [-0.1, -0.05) is 11.6 Å². The van der Waals surface area contributed by atoms with Crippen LogP contribution in [-0.4, -0.2) is 11.6 Å². The van der Waals surface area contributed by atoms with Gasteiger partial charge in [-0.15, -0.1) is 0 Å². The van der Waals surface area contributed by atoms with E-state index in [1.165, 1.54) is 0 Å². The van der Waals surface area contributed by atoms with E-state index in [0.717, 1.165) is 19.9 Å². The molecule has 88 valence electrons. The van der Waals surface area contributed by atoms with Gasteiger partial charge in [-0.25, -0.2) is 13.2 Å². The Kier molecular flexibility index (Phi) is 3.48. The molecule has 0 spiro atoms. The second-order valence-electron chi connectivity index (χ2n) is 3.67. The predicted molar refractivity (Wildman–Crippen MR) is 55.2 cm³/mol. The van der Waals surface area contributed by atoms with Crippen LogP contribution in [-0.2, 0) is 4.79 Å². The molecular formula is C10H9ClF3NO. The molecule has 1 aromatic rings. The molecule has 0 aliphatic heterocycles. The van der Waals surface area contributed by atoms with Crippen molar-refractivity contribution in [3.05, 3.63) is 28.8 Å². The quantitative estimate of drug-likeness (QED) is 0.803. The first-order valence-electron chi connectivity index (χ1n) is 4.36. The SMILES string of the molecule is CC(C)(F)C(=O)Nc1cc(Cl)c(F)cc1F. The smallest absolute Gasteiger partial charge is 0.261 e. The van der Waals surface area contributed by atoms with E-state index in [1.807, 2.05) is 5.32 Å². The zero-order valence-corrected chi connectivity index (χ0v) is 9.33. The summed E-state index contributed by atoms with van der Waals surface area (Å²) < 4.78 is 39.1. The Morgan fingerprint density at radius 1 is 1.31 bits per heavy atom. The summed E-state index contributed by atoms with van der Waals surface area (Å²) in [6.45, 7) is 2.04. The number of hydrogen-bond acceptors (Lipinski definition) is 1. The van der Waals surface area contributed by atoms with Crippen LogP contribution >= 0.6 is 11.6 Å². The third-order valence-corrected chi connectivity index (χ3v) is 2.09. The Hall–Kier alpha value is -1.23. The maximum Gasteiger partial charge on any atom is 0.261 e. The van der Waals surface area contributed by atoms with E-state index in [4.69, 9.17) is 11.6 Å². The number of nitrogens with one attached hydrogen (secondary N) is 1. The summed E-state index contributed by atoms with van der Waals surface area (Å²) in [4.78, 5) is 11.2. The summed E-state index contributed by atoms with van der Waals surface area (Å²) in [6, 6.07) is 1.40. The van der Waals surface area contributed by atoms with E-state index in [1.54, 1.807) is 0 Å². The molecule has 0 heterocycles. The number of carbonyl (C=O) groups is 1. The minimum atomic E-state index is -2.16. The molecule has 1 aromatic carbocycles. The molecule has 0 fully saturated rings. The Bertz CT molecular complexity index is 429. The number of hydrogen-bond donors (Lipinski definition) is 1. The molecule has 2 nitrogen and oxygen atoms in total. The molecule has 0 aromatic heterocycles. The fraction of sp³-hybridized carbons (Fsp3) is 0.300. The Balaban J connectivity index is 2.99. The van der Waals surface area contributed by atoms with Gasteiger partial charge < -0.3 is 5.32 Å². The first-order chi connectivity index (χ1) is 7.21. The standard InChI is InChI=1S/C10H9ClF3NO/c1-10(2,14)9(16)15-8-3-5(11)6(12)4-7(8)13/h3-4H,1-2H3,(H,15,16). The molecule has 0 bridgehead atoms. The summed E-state index contributed by atoms with van der Waals surface area (Å²) in [5.74, 6) is -3.00. The van der Waals surface area contributed by atoms with Gasteiger partial charge in [-0.3, -0.25) is 4.79 Å². The van der Waals surface area contributed by atoms with Crippen LogP contribution in [0.4, 0.5) is 18.9 Å². The van der Waals surface area contributed by atoms with Crippen LogP contribution in [0.3, 0.4) is 0 Å². The van der Waals surface area contributed by atoms with Gasteiger partial charge in [0.1, 0.15) is 11.6 Å². The van der Waals surface area contributed by atoms with E-state index < -0.39 is 23.2 Å². The van der Waals surface area contributed by atoms with Crippen molar-refractivity contribution in [1.29, 1.82) is 0 Å². The molecule has 0 radical (unpaired) electrons. The molecule has 6 heteroatoms. The number of halogens is 4. The van der Waals surface area contributed by atoms with Crippen molar-refractivity contribution < 1.29 is 18.0 Å². The minimum Gasteiger partial charge on any atom is -0.321 e. The Morgan fingerprint density at radius 3 is 2.38 bits per heavy atom. The van der Waals surface area contributed by atoms with Crippen molar-refractivity contribution in [3.63, 3.8) is 0 Å². The first kappa shape index (κ1) is 12.8. The second kappa shape index (κ2) is 4.33. The van der Waals surface area contributed by atoms with Gasteiger partial charge >= 0.3 is 0 Å². The number of anilines is 1. The second-order valence-corrected chi connectivity index (χ2v) is 4.08. The van der Waals surface area contributed by atoms with Crippen LogP contribution in [0.5, 0.6) is 0 Å². The molecule has 0 saturated carbocycles. The normalized spacial score (nSPS) is 11.4. The van der Waals surface area contributed by atoms with Crippen LogP contribution in [0.15, 0.2) is 12.1 Å². The van der Waals surface area contributed by atoms with Crippen molar-refractivity contribution in [1.82, 2.24) is 0 Å². The predicted octanol–water partition coefficient (Wildman–Crippen LogP) is 3.30. The average Bonchev–Trinajstić information content (AvgIpc) is 2.12. The monoisotopic (exact) mass is 251 g/mol. The zero-order valence-electron chi connectivity index (χ0n) is 8.57. The highest BCUT2D eigenvalue weighted by atomic mass is 35.5. The van der Waals surface area contributed by atoms with E-state index in [9.17, 15) is 18.0 Å². The summed E-state index contributed by atoms with van der Waals surface area (Å²) >= 11 is 5.40. The highest BCUT2D eigenvalue weighted by Gasteiger charge is 2.27. The van der Waals surface area contributed by atoms with Gasteiger partial charge in [-0.2, -0.15) is 0 Å². The largest absolute Gasteiger partial charge is 0.321 e. The minimum absolute atomic E-state index is 0.353. The Morgan fingerprint density at radius 2 is 1.88 bits per heavy atom. The topological polar surface area (TPSA) is 29.1 Å². The van der Waals surface area contributed by atoms with Crippen molar-refractivity contribution >= 4 is 23.2 Å². The molecule has 0 atom stereocenters. The van der Waals surface area contributed by atoms with Gasteiger partial charge in [0.15, 0.2) is 5.67 Å². The van der Waals surface area contributed by atoms with Crippen LogP contribution in [0.2, 0.25) is 5.02 Å². The van der Waals surface area contributed by atoms with Crippen LogP contribution < -0.4 is 5.32 Å². The average molecular weight is 252 g/mol. The summed E-state index contributed by atoms with van der Waals surface area (Å²) in [6.07, 6.45) is 0. The maximum absolute atomic E-state index is 13.1. The van der Waals surface area contributed by atoms with E-state index in [-0.39, 0.29) is 10.7 Å². The number of rotatable bonds is 2. The highest BCUT2D eigenvalue weighted by Crippen LogP contribution is 2.24. The molecule has 1 N–H and O–H groups in total. The van der Waals surface area contributed by atoms with Gasteiger partial charge in [0.05, 0.1) is 10.7 Å². The lowest BCUT2D eigenvalue weighted by Crippen LogP contribution is -2.32. The third kappa shape index (κ3) is 2.88. The first-order valence-corrected chi connectivity index (χ1v) is 4.74. The van der Waals surface area contributed by atoms with Crippen molar-refractivity contribution in [2.45, 2.75) is 19.5 Å². The van der Waals surface area contributed by atoms with Crippen LogP contribution in [0.25, 0.3) is 0 Å². The fourth-order valence-corrected chi connectivity index (χ4v) is 1.05. The third-order valence-electron chi connectivity index (χ3n) is 1.80. The molecular weight excluding hydrogens is 243 g/mol. The summed E-state index contributed by atoms with van der Waals surface area (Å²) in [7, 11) is 0. The van der Waals surface area contributed by atoms with Gasteiger partial charge in [0.2, 0.25) is 0 Å². The molecule has 0 aliphatic rings. The van der Waals surface area contributed by atoms with E-state index >= 15 is 0 Å². The Labute approximate surface area is 95.4 Å². The number of carbonyl (C=O) groups excluding carboxylic acids is 1. The number of benzene rings is 1. The molecule has 1 rings (SSSR count). The van der Waals surface area contributed by atoms with Gasteiger partial charge in [-0.05, 0) is 19.9 Å². The lowest BCUT2D eigenvalue weighted by atomic mass is 10.1. The highest BCUT2D eigenvalue weighted by molar-refractivity contribution is 6.31. The van der Waals surface area contributed by atoms with Gasteiger partial charge in [0.25, 0.3) is 5.91 Å². The van der Waals surface area contributed by atoms with Crippen molar-refractivity contribution in [2.24, 2.45) is 0 Å². The fourth-order valence-electron chi connectivity index (χ4n) is 0.889. The van der Waals surface area contributed by atoms with Gasteiger partial charge in [0, 0.05) is 6.07 Å². The lowest BCUT2D eigenvalue weighted by molar-refractivity contribution is -0.125. The van der Waals surface area contributed by atoms with E-state index in [2.05, 4.69) is 0 Å². The maximum atomic E-state index is 13.1. The zero-order chi connectivity index (χ0) is 12.5.